The molecule has 33 heavy (non-hydrogen) atoms. The Kier molecular flexibility index (Phi) is 6.44. The number of rotatable bonds is 7. The molecule has 0 amide bonds. The number of halogens is 4. The van der Waals surface area contributed by atoms with E-state index >= 15 is 0 Å². The molecule has 1 atom stereocenters. The van der Waals surface area contributed by atoms with Crippen molar-refractivity contribution in [1.29, 1.82) is 0 Å². The van der Waals surface area contributed by atoms with Crippen LogP contribution in [-0.2, 0) is 30.1 Å². The molecule has 0 spiro atoms. The Morgan fingerprint density at radius 2 is 1.82 bits per heavy atom. The van der Waals surface area contributed by atoms with Crippen LogP contribution in [0.25, 0.3) is 22.0 Å². The van der Waals surface area contributed by atoms with E-state index in [0.29, 0.717) is 24.7 Å². The van der Waals surface area contributed by atoms with Gasteiger partial charge in [0.05, 0.1) is 16.5 Å². The van der Waals surface area contributed by atoms with Gasteiger partial charge in [-0.05, 0) is 65.6 Å². The number of alkyl halides is 3. The molecule has 3 nitrogen and oxygen atoms in total. The zero-order valence-electron chi connectivity index (χ0n) is 18.9. The van der Waals surface area contributed by atoms with E-state index in [1.54, 1.807) is 12.1 Å². The first-order chi connectivity index (χ1) is 15.4. The second-order valence-corrected chi connectivity index (χ2v) is 11.4. The van der Waals surface area contributed by atoms with Crippen molar-refractivity contribution in [2.24, 2.45) is 5.41 Å². The van der Waals surface area contributed by atoms with Crippen molar-refractivity contribution in [1.82, 2.24) is 9.29 Å². The average molecular weight is 481 g/mol. The molecule has 1 heterocycles. The molecule has 0 radical (unpaired) electrons. The highest BCUT2D eigenvalue weighted by Crippen LogP contribution is 2.39. The Morgan fingerprint density at radius 3 is 2.45 bits per heavy atom. The summed E-state index contributed by atoms with van der Waals surface area (Å²) in [6, 6.07) is 8.03. The van der Waals surface area contributed by atoms with Gasteiger partial charge in [0.1, 0.15) is 5.82 Å². The van der Waals surface area contributed by atoms with Gasteiger partial charge in [0, 0.05) is 35.4 Å². The van der Waals surface area contributed by atoms with Crippen LogP contribution in [0.5, 0.6) is 0 Å². The van der Waals surface area contributed by atoms with E-state index in [4.69, 9.17) is 0 Å². The van der Waals surface area contributed by atoms with Gasteiger partial charge < -0.3 is 4.57 Å². The van der Waals surface area contributed by atoms with Crippen molar-refractivity contribution in [3.05, 3.63) is 59.5 Å². The standard InChI is InChI=1S/C25H28F4N2OS/c1-24(2,3)14-17-15-31(11-10-30-33(32)19-6-7-19)23-9-4-16(12-21(17)23)20-8-5-18(26)13-22(20)25(27,28)29/h4-5,8-9,12-13,15,19,30H,6-7,10-11,14H2,1-3H3. The van der Waals surface area contributed by atoms with Crippen LogP contribution in [-0.4, -0.2) is 20.6 Å². The molecule has 3 aromatic rings. The Balaban J connectivity index is 1.73. The second-order valence-electron chi connectivity index (χ2n) is 9.90. The van der Waals surface area contributed by atoms with Crippen LogP contribution in [0.1, 0.15) is 44.7 Å². The van der Waals surface area contributed by atoms with E-state index in [1.165, 1.54) is 6.07 Å². The molecule has 0 saturated heterocycles. The Bertz CT molecular complexity index is 1190. The average Bonchev–Trinajstić information content (AvgIpc) is 3.51. The van der Waals surface area contributed by atoms with E-state index in [9.17, 15) is 21.8 Å². The fourth-order valence-electron chi connectivity index (χ4n) is 4.11. The first kappa shape index (κ1) is 24.0. The summed E-state index contributed by atoms with van der Waals surface area (Å²) >= 11 is 0. The predicted octanol–water partition coefficient (Wildman–Crippen LogP) is 6.47. The molecule has 2 aromatic carbocycles. The Labute approximate surface area is 193 Å². The molecule has 178 valence electrons. The van der Waals surface area contributed by atoms with E-state index in [2.05, 4.69) is 30.1 Å². The zero-order valence-corrected chi connectivity index (χ0v) is 19.7. The third-order valence-corrected chi connectivity index (χ3v) is 7.27. The van der Waals surface area contributed by atoms with Crippen molar-refractivity contribution < 1.29 is 21.8 Å². The van der Waals surface area contributed by atoms with Crippen LogP contribution in [0, 0.1) is 11.2 Å². The summed E-state index contributed by atoms with van der Waals surface area (Å²) in [5.41, 5.74) is 1.31. The lowest BCUT2D eigenvalue weighted by atomic mass is 9.87. The highest BCUT2D eigenvalue weighted by molar-refractivity contribution is 7.84. The molecule has 1 unspecified atom stereocenters. The molecular weight excluding hydrogens is 452 g/mol. The fraction of sp³-hybridized carbons (Fsp3) is 0.440. The normalized spacial score (nSPS) is 15.8. The summed E-state index contributed by atoms with van der Waals surface area (Å²) in [6.45, 7) is 7.48. The van der Waals surface area contributed by atoms with Crippen LogP contribution in [0.3, 0.4) is 0 Å². The first-order valence-electron chi connectivity index (χ1n) is 11.1. The summed E-state index contributed by atoms with van der Waals surface area (Å²) in [4.78, 5) is 0. The molecule has 0 bridgehead atoms. The zero-order chi connectivity index (χ0) is 24.0. The Hall–Kier alpha value is -2.19. The largest absolute Gasteiger partial charge is 0.417 e. The van der Waals surface area contributed by atoms with E-state index in [0.717, 1.165) is 41.8 Å². The second kappa shape index (κ2) is 8.87. The third kappa shape index (κ3) is 5.66. The van der Waals surface area contributed by atoms with Crippen molar-refractivity contribution in [3.63, 3.8) is 0 Å². The highest BCUT2D eigenvalue weighted by atomic mass is 32.2. The molecule has 1 aromatic heterocycles. The van der Waals surface area contributed by atoms with Crippen molar-refractivity contribution >= 4 is 21.9 Å². The number of fused-ring (bicyclic) bond motifs is 1. The quantitative estimate of drug-likeness (QED) is 0.387. The summed E-state index contributed by atoms with van der Waals surface area (Å²) in [7, 11) is -1.02. The highest BCUT2D eigenvalue weighted by Gasteiger charge is 2.34. The number of nitrogens with one attached hydrogen (secondary N) is 1. The van der Waals surface area contributed by atoms with Gasteiger partial charge in [-0.25, -0.2) is 13.3 Å². The van der Waals surface area contributed by atoms with E-state index in [1.807, 2.05) is 12.3 Å². The summed E-state index contributed by atoms with van der Waals surface area (Å²) in [5, 5.41) is 1.13. The maximum absolute atomic E-state index is 13.6. The van der Waals surface area contributed by atoms with Crippen LogP contribution >= 0.6 is 0 Å². The number of hydrogen-bond acceptors (Lipinski definition) is 1. The summed E-state index contributed by atoms with van der Waals surface area (Å²) < 4.78 is 71.6. The molecule has 0 aliphatic heterocycles. The number of aromatic nitrogens is 1. The third-order valence-electron chi connectivity index (χ3n) is 5.71. The monoisotopic (exact) mass is 480 g/mol. The lowest BCUT2D eigenvalue weighted by Crippen LogP contribution is -2.24. The molecule has 4 rings (SSSR count). The van der Waals surface area contributed by atoms with E-state index < -0.39 is 28.5 Å². The Morgan fingerprint density at radius 1 is 1.09 bits per heavy atom. The van der Waals surface area contributed by atoms with Crippen molar-refractivity contribution in [2.45, 2.75) is 58.0 Å². The van der Waals surface area contributed by atoms with Crippen LogP contribution in [0.15, 0.2) is 42.6 Å². The van der Waals surface area contributed by atoms with E-state index in [-0.39, 0.29) is 16.2 Å². The maximum Gasteiger partial charge on any atom is 0.417 e. The molecule has 1 aliphatic carbocycles. The summed E-state index contributed by atoms with van der Waals surface area (Å²) in [6.07, 6.45) is 0.116. The lowest BCUT2D eigenvalue weighted by molar-refractivity contribution is -0.137. The van der Waals surface area contributed by atoms with Crippen molar-refractivity contribution in [3.8, 4) is 11.1 Å². The minimum Gasteiger partial charge on any atom is -0.346 e. The molecule has 8 heteroatoms. The molecule has 1 fully saturated rings. The number of benzene rings is 2. The first-order valence-corrected chi connectivity index (χ1v) is 12.3. The number of hydrogen-bond donors (Lipinski definition) is 1. The molecular formula is C25H28F4N2OS. The van der Waals surface area contributed by atoms with Gasteiger partial charge in [-0.2, -0.15) is 13.2 Å². The van der Waals surface area contributed by atoms with Gasteiger partial charge >= 0.3 is 6.18 Å². The van der Waals surface area contributed by atoms with Gasteiger partial charge in [-0.3, -0.25) is 0 Å². The van der Waals surface area contributed by atoms with Gasteiger partial charge in [0.15, 0.2) is 0 Å². The lowest BCUT2D eigenvalue weighted by Gasteiger charge is -2.17. The predicted molar refractivity (Wildman–Crippen MR) is 125 cm³/mol. The van der Waals surface area contributed by atoms with Gasteiger partial charge in [0.25, 0.3) is 0 Å². The fourth-order valence-corrected chi connectivity index (χ4v) is 5.20. The van der Waals surface area contributed by atoms with Crippen LogP contribution in [0.2, 0.25) is 0 Å². The molecule has 1 saturated carbocycles. The SMILES string of the molecule is CC(C)(C)Cc1cn(CCNS(=O)C2CC2)c2ccc(-c3ccc(F)cc3C(F)(F)F)cc12. The van der Waals surface area contributed by atoms with Gasteiger partial charge in [-0.15, -0.1) is 0 Å². The number of nitrogens with zero attached hydrogens (tertiary/aromatic N) is 1. The van der Waals surface area contributed by atoms with Crippen molar-refractivity contribution in [2.75, 3.05) is 6.54 Å². The summed E-state index contributed by atoms with van der Waals surface area (Å²) in [5.74, 6) is -0.914. The minimum atomic E-state index is -4.66. The maximum atomic E-state index is 13.6. The topological polar surface area (TPSA) is 34.0 Å². The van der Waals surface area contributed by atoms with Gasteiger partial charge in [-0.1, -0.05) is 32.9 Å². The molecule has 1 N–H and O–H groups in total. The van der Waals surface area contributed by atoms with Crippen LogP contribution < -0.4 is 4.72 Å². The molecule has 1 aliphatic rings. The van der Waals surface area contributed by atoms with Crippen LogP contribution in [0.4, 0.5) is 17.6 Å². The smallest absolute Gasteiger partial charge is 0.346 e. The van der Waals surface area contributed by atoms with Gasteiger partial charge in [0.2, 0.25) is 0 Å². The minimum absolute atomic E-state index is 0.0200.